The van der Waals surface area contributed by atoms with Gasteiger partial charge in [-0.05, 0) is 25.7 Å². The van der Waals surface area contributed by atoms with Gasteiger partial charge in [-0.2, -0.15) is 13.2 Å². The molecule has 2 unspecified atom stereocenters. The van der Waals surface area contributed by atoms with Gasteiger partial charge in [0.15, 0.2) is 0 Å². The Balaban J connectivity index is 0.00000169. The van der Waals surface area contributed by atoms with Crippen LogP contribution in [0.2, 0.25) is 0 Å². The lowest BCUT2D eigenvalue weighted by atomic mass is 9.94. The van der Waals surface area contributed by atoms with E-state index in [-0.39, 0.29) is 24.6 Å². The van der Waals surface area contributed by atoms with Crippen molar-refractivity contribution in [3.05, 3.63) is 0 Å². The summed E-state index contributed by atoms with van der Waals surface area (Å²) in [6.07, 6.45) is -1.51. The lowest BCUT2D eigenvalue weighted by Gasteiger charge is -2.26. The second-order valence-corrected chi connectivity index (χ2v) is 3.47. The Morgan fingerprint density at radius 2 is 1.93 bits per heavy atom. The molecular weight excluding hydrogens is 219 g/mol. The van der Waals surface area contributed by atoms with Crippen LogP contribution in [-0.4, -0.2) is 24.9 Å². The highest BCUT2D eigenvalue weighted by Gasteiger charge is 2.30. The van der Waals surface area contributed by atoms with Gasteiger partial charge in [-0.25, -0.2) is 0 Å². The highest BCUT2D eigenvalue weighted by molar-refractivity contribution is 5.85. The van der Waals surface area contributed by atoms with Gasteiger partial charge in [0.05, 0.1) is 6.10 Å². The number of nitrogens with two attached hydrogens (primary N) is 1. The molecule has 0 bridgehead atoms. The van der Waals surface area contributed by atoms with Gasteiger partial charge >= 0.3 is 6.18 Å². The molecule has 14 heavy (non-hydrogen) atoms. The van der Waals surface area contributed by atoms with Crippen molar-refractivity contribution in [2.24, 2.45) is 5.73 Å². The zero-order valence-electron chi connectivity index (χ0n) is 7.72. The summed E-state index contributed by atoms with van der Waals surface area (Å²) in [4.78, 5) is 0. The van der Waals surface area contributed by atoms with E-state index in [2.05, 4.69) is 0 Å². The molecule has 0 aromatic carbocycles. The molecule has 6 heteroatoms. The van der Waals surface area contributed by atoms with E-state index in [9.17, 15) is 13.2 Å². The summed E-state index contributed by atoms with van der Waals surface area (Å²) in [5, 5.41) is 0. The van der Waals surface area contributed by atoms with Crippen LogP contribution in [0.1, 0.15) is 25.7 Å². The summed E-state index contributed by atoms with van der Waals surface area (Å²) >= 11 is 0. The van der Waals surface area contributed by atoms with Gasteiger partial charge in [0.1, 0.15) is 6.61 Å². The molecule has 2 nitrogen and oxygen atoms in total. The zero-order chi connectivity index (χ0) is 9.90. The van der Waals surface area contributed by atoms with Crippen molar-refractivity contribution in [3.8, 4) is 0 Å². The van der Waals surface area contributed by atoms with Crippen LogP contribution in [0.15, 0.2) is 0 Å². The van der Waals surface area contributed by atoms with Crippen LogP contribution < -0.4 is 5.73 Å². The first-order valence-electron chi connectivity index (χ1n) is 4.41. The van der Waals surface area contributed by atoms with Crippen molar-refractivity contribution in [2.45, 2.75) is 44.0 Å². The molecule has 1 aliphatic rings. The molecule has 2 N–H and O–H groups in total. The van der Waals surface area contributed by atoms with Gasteiger partial charge in [-0.3, -0.25) is 0 Å². The summed E-state index contributed by atoms with van der Waals surface area (Å²) in [7, 11) is 0. The SMILES string of the molecule is Cl.NC1CCCC(OCC(F)(F)F)C1. The highest BCUT2D eigenvalue weighted by atomic mass is 35.5. The maximum Gasteiger partial charge on any atom is 0.411 e. The minimum Gasteiger partial charge on any atom is -0.369 e. The topological polar surface area (TPSA) is 35.2 Å². The molecule has 1 saturated carbocycles. The fourth-order valence-corrected chi connectivity index (χ4v) is 1.54. The van der Waals surface area contributed by atoms with Gasteiger partial charge in [0.2, 0.25) is 0 Å². The number of rotatable bonds is 2. The molecule has 0 aliphatic heterocycles. The lowest BCUT2D eigenvalue weighted by Crippen LogP contribution is -2.34. The standard InChI is InChI=1S/C8H14F3NO.ClH/c9-8(10,11)5-13-7-3-1-2-6(12)4-7;/h6-7H,1-5,12H2;1H. The molecule has 86 valence electrons. The second-order valence-electron chi connectivity index (χ2n) is 3.47. The van der Waals surface area contributed by atoms with Gasteiger partial charge in [0.25, 0.3) is 0 Å². The number of halogens is 4. The van der Waals surface area contributed by atoms with Gasteiger partial charge in [-0.15, -0.1) is 12.4 Å². The molecule has 1 aliphatic carbocycles. The van der Waals surface area contributed by atoms with E-state index >= 15 is 0 Å². The van der Waals surface area contributed by atoms with Crippen LogP contribution in [0.4, 0.5) is 13.2 Å². The summed E-state index contributed by atoms with van der Waals surface area (Å²) in [6, 6.07) is 0.00647. The van der Waals surface area contributed by atoms with E-state index < -0.39 is 12.8 Å². The molecule has 2 atom stereocenters. The summed E-state index contributed by atoms with van der Waals surface area (Å²) in [6.45, 7) is -1.15. The monoisotopic (exact) mass is 233 g/mol. The van der Waals surface area contributed by atoms with Crippen molar-refractivity contribution in [2.75, 3.05) is 6.61 Å². The van der Waals surface area contributed by atoms with Crippen LogP contribution in [0.3, 0.4) is 0 Å². The van der Waals surface area contributed by atoms with Crippen LogP contribution >= 0.6 is 12.4 Å². The summed E-state index contributed by atoms with van der Waals surface area (Å²) in [5.74, 6) is 0. The molecular formula is C8H15ClF3NO. The van der Waals surface area contributed by atoms with E-state index in [1.54, 1.807) is 0 Å². The van der Waals surface area contributed by atoms with Crippen molar-refractivity contribution >= 4 is 12.4 Å². The average molecular weight is 234 g/mol. The predicted octanol–water partition coefficient (Wildman–Crippen LogP) is 2.26. The molecule has 0 spiro atoms. The quantitative estimate of drug-likeness (QED) is 0.794. The first kappa shape index (κ1) is 14.0. The van der Waals surface area contributed by atoms with E-state index in [0.29, 0.717) is 12.8 Å². The zero-order valence-corrected chi connectivity index (χ0v) is 8.53. The Labute approximate surface area is 87.4 Å². The Hall–Kier alpha value is -0.0000000000000000555. The smallest absolute Gasteiger partial charge is 0.369 e. The van der Waals surface area contributed by atoms with Crippen LogP contribution in [0.5, 0.6) is 0 Å². The molecule has 0 heterocycles. The van der Waals surface area contributed by atoms with Gasteiger partial charge < -0.3 is 10.5 Å². The Bertz CT molecular complexity index is 165. The van der Waals surface area contributed by atoms with E-state index in [0.717, 1.165) is 12.8 Å². The third kappa shape index (κ3) is 5.67. The third-order valence-electron chi connectivity index (χ3n) is 2.15. The predicted molar refractivity (Wildman–Crippen MR) is 49.5 cm³/mol. The maximum atomic E-state index is 11.8. The average Bonchev–Trinajstić information content (AvgIpc) is 2.00. The van der Waals surface area contributed by atoms with Gasteiger partial charge in [0, 0.05) is 6.04 Å². The van der Waals surface area contributed by atoms with Crippen molar-refractivity contribution in [1.29, 1.82) is 0 Å². The molecule has 0 saturated heterocycles. The van der Waals surface area contributed by atoms with Crippen molar-refractivity contribution in [1.82, 2.24) is 0 Å². The first-order valence-corrected chi connectivity index (χ1v) is 4.41. The Morgan fingerprint density at radius 3 is 2.43 bits per heavy atom. The largest absolute Gasteiger partial charge is 0.411 e. The van der Waals surface area contributed by atoms with E-state index in [1.807, 2.05) is 0 Å². The fraction of sp³-hybridized carbons (Fsp3) is 1.00. The fourth-order valence-electron chi connectivity index (χ4n) is 1.54. The van der Waals surface area contributed by atoms with Gasteiger partial charge in [-0.1, -0.05) is 0 Å². The summed E-state index contributed by atoms with van der Waals surface area (Å²) in [5.41, 5.74) is 5.60. The molecule has 0 amide bonds. The minimum atomic E-state index is -4.22. The van der Waals surface area contributed by atoms with Crippen molar-refractivity contribution < 1.29 is 17.9 Å². The molecule has 0 aromatic heterocycles. The molecule has 0 aromatic rings. The molecule has 1 fully saturated rings. The lowest BCUT2D eigenvalue weighted by molar-refractivity contribution is -0.188. The minimum absolute atomic E-state index is 0. The van der Waals surface area contributed by atoms with E-state index in [4.69, 9.17) is 10.5 Å². The van der Waals surface area contributed by atoms with Crippen LogP contribution in [0, 0.1) is 0 Å². The second kappa shape index (κ2) is 5.78. The number of alkyl halides is 3. The molecule has 0 radical (unpaired) electrons. The number of ether oxygens (including phenoxy) is 1. The molecule has 1 rings (SSSR count). The van der Waals surface area contributed by atoms with Crippen molar-refractivity contribution in [3.63, 3.8) is 0 Å². The Kier molecular flexibility index (Phi) is 5.78. The van der Waals surface area contributed by atoms with E-state index in [1.165, 1.54) is 0 Å². The maximum absolute atomic E-state index is 11.8. The van der Waals surface area contributed by atoms with Crippen LogP contribution in [0.25, 0.3) is 0 Å². The van der Waals surface area contributed by atoms with Crippen LogP contribution in [-0.2, 0) is 4.74 Å². The summed E-state index contributed by atoms with van der Waals surface area (Å²) < 4.78 is 40.0. The highest BCUT2D eigenvalue weighted by Crippen LogP contribution is 2.22. The number of hydrogen-bond acceptors (Lipinski definition) is 2. The normalized spacial score (nSPS) is 28.3. The first-order chi connectivity index (χ1) is 5.97. The Morgan fingerprint density at radius 1 is 1.29 bits per heavy atom. The third-order valence-corrected chi connectivity index (χ3v) is 2.15. The number of hydrogen-bond donors (Lipinski definition) is 1.